The first-order valence-electron chi connectivity index (χ1n) is 7.16. The van der Waals surface area contributed by atoms with Crippen LogP contribution in [-0.4, -0.2) is 11.0 Å². The number of benzene rings is 2. The van der Waals surface area contributed by atoms with Gasteiger partial charge < -0.3 is 9.73 Å². The lowest BCUT2D eigenvalue weighted by molar-refractivity contribution is 0.569. The lowest BCUT2D eigenvalue weighted by Crippen LogP contribution is -2.16. The van der Waals surface area contributed by atoms with Crippen molar-refractivity contribution < 1.29 is 8.81 Å². The molecule has 2 aromatic carbocycles. The quantitative estimate of drug-likeness (QED) is 0.789. The van der Waals surface area contributed by atoms with Gasteiger partial charge in [-0.3, -0.25) is 0 Å². The van der Waals surface area contributed by atoms with Gasteiger partial charge >= 0.3 is 0 Å². The Kier molecular flexibility index (Phi) is 2.97. The number of nitrogens with one attached hydrogen (secondary N) is 1. The van der Waals surface area contributed by atoms with Crippen molar-refractivity contribution in [2.45, 2.75) is 25.4 Å². The summed E-state index contributed by atoms with van der Waals surface area (Å²) in [6, 6.07) is 11.3. The molecule has 3 nitrogen and oxygen atoms in total. The maximum absolute atomic E-state index is 13.9. The minimum atomic E-state index is -0.216. The molecule has 3 aromatic rings. The van der Waals surface area contributed by atoms with Crippen LogP contribution < -0.4 is 5.32 Å². The molecule has 1 aromatic heterocycles. The normalized spacial score (nSPS) is 14.7. The molecule has 21 heavy (non-hydrogen) atoms. The summed E-state index contributed by atoms with van der Waals surface area (Å²) in [5.41, 5.74) is 1.76. The van der Waals surface area contributed by atoms with Gasteiger partial charge in [0.2, 0.25) is 0 Å². The third-order valence-electron chi connectivity index (χ3n) is 3.89. The second-order valence-electron chi connectivity index (χ2n) is 5.42. The Morgan fingerprint density at radius 3 is 2.76 bits per heavy atom. The van der Waals surface area contributed by atoms with Crippen molar-refractivity contribution in [3.63, 3.8) is 0 Å². The lowest BCUT2D eigenvalue weighted by atomic mass is 10.0. The van der Waals surface area contributed by atoms with Gasteiger partial charge in [-0.1, -0.05) is 24.3 Å². The van der Waals surface area contributed by atoms with Crippen molar-refractivity contribution in [1.82, 2.24) is 10.3 Å². The molecule has 0 saturated heterocycles. The molecule has 0 amide bonds. The van der Waals surface area contributed by atoms with E-state index in [1.807, 2.05) is 18.2 Å². The van der Waals surface area contributed by atoms with Crippen LogP contribution in [0.4, 0.5) is 4.39 Å². The first kappa shape index (κ1) is 12.5. The van der Waals surface area contributed by atoms with Crippen LogP contribution in [0.25, 0.3) is 22.1 Å². The van der Waals surface area contributed by atoms with Crippen molar-refractivity contribution in [1.29, 1.82) is 0 Å². The van der Waals surface area contributed by atoms with Crippen LogP contribution in [-0.2, 0) is 6.54 Å². The molecule has 0 radical (unpaired) electrons. The molecule has 1 fully saturated rings. The highest BCUT2D eigenvalue weighted by Crippen LogP contribution is 2.32. The minimum absolute atomic E-state index is 0.216. The summed E-state index contributed by atoms with van der Waals surface area (Å²) >= 11 is 0. The van der Waals surface area contributed by atoms with Crippen molar-refractivity contribution in [2.75, 3.05) is 0 Å². The second kappa shape index (κ2) is 4.97. The molecule has 1 heterocycles. The third kappa shape index (κ3) is 2.32. The summed E-state index contributed by atoms with van der Waals surface area (Å²) < 4.78 is 19.5. The molecule has 0 bridgehead atoms. The van der Waals surface area contributed by atoms with Crippen molar-refractivity contribution in [3.8, 4) is 11.3 Å². The molecule has 0 atom stereocenters. The van der Waals surface area contributed by atoms with Crippen molar-refractivity contribution in [2.24, 2.45) is 0 Å². The number of rotatable bonds is 4. The molecule has 0 aliphatic heterocycles. The van der Waals surface area contributed by atoms with E-state index < -0.39 is 0 Å². The van der Waals surface area contributed by atoms with Crippen LogP contribution in [0.2, 0.25) is 0 Å². The van der Waals surface area contributed by atoms with E-state index in [-0.39, 0.29) is 5.82 Å². The Labute approximate surface area is 121 Å². The number of hydrogen-bond donors (Lipinski definition) is 1. The van der Waals surface area contributed by atoms with E-state index in [2.05, 4.69) is 10.3 Å². The highest BCUT2D eigenvalue weighted by molar-refractivity contribution is 5.96. The second-order valence-corrected chi connectivity index (χ2v) is 5.42. The number of fused-ring (bicyclic) bond motifs is 1. The van der Waals surface area contributed by atoms with Crippen LogP contribution >= 0.6 is 0 Å². The van der Waals surface area contributed by atoms with E-state index in [1.165, 1.54) is 25.3 Å². The predicted octanol–water partition coefficient (Wildman–Crippen LogP) is 3.89. The van der Waals surface area contributed by atoms with Crippen molar-refractivity contribution in [3.05, 3.63) is 54.3 Å². The summed E-state index contributed by atoms with van der Waals surface area (Å²) in [6.07, 6.45) is 3.91. The van der Waals surface area contributed by atoms with Gasteiger partial charge in [0.25, 0.3) is 0 Å². The maximum Gasteiger partial charge on any atom is 0.181 e. The lowest BCUT2D eigenvalue weighted by Gasteiger charge is -2.07. The molecule has 1 aliphatic carbocycles. The van der Waals surface area contributed by atoms with E-state index in [9.17, 15) is 4.39 Å². The van der Waals surface area contributed by atoms with Gasteiger partial charge in [-0.25, -0.2) is 9.37 Å². The van der Waals surface area contributed by atoms with E-state index in [0.29, 0.717) is 18.0 Å². The Morgan fingerprint density at radius 1 is 1.14 bits per heavy atom. The van der Waals surface area contributed by atoms with Gasteiger partial charge in [0, 0.05) is 23.5 Å². The summed E-state index contributed by atoms with van der Waals surface area (Å²) in [5.74, 6) is 0.505. The van der Waals surface area contributed by atoms with Gasteiger partial charge in [-0.15, -0.1) is 0 Å². The third-order valence-corrected chi connectivity index (χ3v) is 3.89. The smallest absolute Gasteiger partial charge is 0.181 e. The summed E-state index contributed by atoms with van der Waals surface area (Å²) in [5, 5.41) is 4.89. The minimum Gasteiger partial charge on any atom is -0.443 e. The van der Waals surface area contributed by atoms with Gasteiger partial charge in [-0.2, -0.15) is 0 Å². The van der Waals surface area contributed by atoms with E-state index in [1.54, 1.807) is 12.1 Å². The Morgan fingerprint density at radius 2 is 1.95 bits per heavy atom. The van der Waals surface area contributed by atoms with E-state index in [0.717, 1.165) is 22.4 Å². The zero-order valence-electron chi connectivity index (χ0n) is 11.5. The van der Waals surface area contributed by atoms with Gasteiger partial charge in [0.15, 0.2) is 12.2 Å². The van der Waals surface area contributed by atoms with Crippen molar-refractivity contribution >= 4 is 10.8 Å². The Hall–Kier alpha value is -2.20. The molecule has 106 valence electrons. The maximum atomic E-state index is 13.9. The van der Waals surface area contributed by atoms with Crippen LogP contribution in [0.5, 0.6) is 0 Å². The highest BCUT2D eigenvalue weighted by Gasteiger charge is 2.22. The molecular weight excluding hydrogens is 267 g/mol. The standard InChI is InChI=1S/C17H15FN2O/c18-15-8-7-14(12-3-1-2-4-13(12)15)17-16(20-10-21-17)9-19-11-5-6-11/h1-4,7-8,10-11,19H,5-6,9H2. The average molecular weight is 282 g/mol. The zero-order valence-corrected chi connectivity index (χ0v) is 11.5. The first-order valence-corrected chi connectivity index (χ1v) is 7.16. The number of nitrogens with zero attached hydrogens (tertiary/aromatic N) is 1. The fraction of sp³-hybridized carbons (Fsp3) is 0.235. The molecule has 4 rings (SSSR count). The van der Waals surface area contributed by atoms with Gasteiger partial charge in [-0.05, 0) is 30.4 Å². The van der Waals surface area contributed by atoms with Gasteiger partial charge in [0.1, 0.15) is 11.5 Å². The zero-order chi connectivity index (χ0) is 14.2. The molecular formula is C17H15FN2O. The van der Waals surface area contributed by atoms with Crippen LogP contribution in [0.1, 0.15) is 18.5 Å². The van der Waals surface area contributed by atoms with E-state index >= 15 is 0 Å². The number of oxazole rings is 1. The van der Waals surface area contributed by atoms with E-state index in [4.69, 9.17) is 4.42 Å². The summed E-state index contributed by atoms with van der Waals surface area (Å²) in [6.45, 7) is 0.683. The molecule has 1 N–H and O–H groups in total. The van der Waals surface area contributed by atoms with Gasteiger partial charge in [0.05, 0.1) is 0 Å². The Bertz CT molecular complexity index is 792. The predicted molar refractivity (Wildman–Crippen MR) is 79.3 cm³/mol. The average Bonchev–Trinajstić information content (AvgIpc) is 3.23. The van der Waals surface area contributed by atoms with Crippen LogP contribution in [0, 0.1) is 5.82 Å². The monoisotopic (exact) mass is 282 g/mol. The van der Waals surface area contributed by atoms with Crippen LogP contribution in [0.15, 0.2) is 47.2 Å². The number of halogens is 1. The molecule has 0 spiro atoms. The number of hydrogen-bond acceptors (Lipinski definition) is 3. The molecule has 0 unspecified atom stereocenters. The molecule has 4 heteroatoms. The Balaban J connectivity index is 1.79. The number of aromatic nitrogens is 1. The summed E-state index contributed by atoms with van der Waals surface area (Å²) in [7, 11) is 0. The molecule has 1 saturated carbocycles. The van der Waals surface area contributed by atoms with Crippen LogP contribution in [0.3, 0.4) is 0 Å². The first-order chi connectivity index (χ1) is 10.3. The largest absolute Gasteiger partial charge is 0.443 e. The topological polar surface area (TPSA) is 38.1 Å². The fourth-order valence-corrected chi connectivity index (χ4v) is 2.60. The highest BCUT2D eigenvalue weighted by atomic mass is 19.1. The summed E-state index contributed by atoms with van der Waals surface area (Å²) in [4.78, 5) is 4.30. The molecule has 1 aliphatic rings. The fourth-order valence-electron chi connectivity index (χ4n) is 2.60. The SMILES string of the molecule is Fc1ccc(-c2ocnc2CNC2CC2)c2ccccc12.